The van der Waals surface area contributed by atoms with Crippen LogP contribution in [-0.4, -0.2) is 53.1 Å². The van der Waals surface area contributed by atoms with E-state index in [1.165, 1.54) is 23.5 Å². The smallest absolute Gasteiger partial charge is 0.410 e. The quantitative estimate of drug-likeness (QED) is 0.533. The molecule has 1 amide bonds. The summed E-state index contributed by atoms with van der Waals surface area (Å²) in [4.78, 5) is 36.9. The number of nitrogens with zero attached hydrogens (tertiary/aromatic N) is 3. The number of halogens is 2. The molecule has 3 aliphatic rings. The molecule has 196 valence electrons. The second-order valence-corrected chi connectivity index (χ2v) is 11.6. The maximum absolute atomic E-state index is 13.9. The van der Waals surface area contributed by atoms with Crippen LogP contribution in [0.15, 0.2) is 46.0 Å². The lowest BCUT2D eigenvalue weighted by Crippen LogP contribution is -2.39. The van der Waals surface area contributed by atoms with Crippen molar-refractivity contribution >= 4 is 40.8 Å². The molecule has 1 saturated carbocycles. The highest BCUT2D eigenvalue weighted by Crippen LogP contribution is 2.57. The van der Waals surface area contributed by atoms with Crippen LogP contribution < -0.4 is 5.32 Å². The van der Waals surface area contributed by atoms with Gasteiger partial charge in [-0.3, -0.25) is 4.99 Å². The number of rotatable bonds is 5. The number of nitrogens with one attached hydrogen (secondary N) is 1. The first-order chi connectivity index (χ1) is 17.6. The van der Waals surface area contributed by atoms with E-state index in [0.717, 1.165) is 0 Å². The third kappa shape index (κ3) is 5.09. The Morgan fingerprint density at radius 3 is 2.59 bits per heavy atom. The first kappa shape index (κ1) is 25.7. The number of piperidine rings is 1. The summed E-state index contributed by atoms with van der Waals surface area (Å²) < 4.78 is 24.9. The van der Waals surface area contributed by atoms with Crippen LogP contribution >= 0.6 is 22.9 Å². The van der Waals surface area contributed by atoms with E-state index in [1.807, 2.05) is 26.2 Å². The van der Waals surface area contributed by atoms with Crippen LogP contribution in [0.3, 0.4) is 0 Å². The lowest BCUT2D eigenvalue weighted by Gasteiger charge is -2.30. The average molecular weight is 547 g/mol. The monoisotopic (exact) mass is 546 g/mol. The molecule has 4 atom stereocenters. The number of carbonyl (C=O) groups excluding carboxylic acids is 2. The Hall–Kier alpha value is -2.98. The zero-order valence-corrected chi connectivity index (χ0v) is 22.5. The van der Waals surface area contributed by atoms with Crippen molar-refractivity contribution in [3.63, 3.8) is 0 Å². The number of aliphatic imine (C=N–C) groups is 1. The van der Waals surface area contributed by atoms with Crippen molar-refractivity contribution in [3.05, 3.63) is 62.5 Å². The van der Waals surface area contributed by atoms with Crippen molar-refractivity contribution in [2.24, 2.45) is 22.7 Å². The van der Waals surface area contributed by atoms with Crippen LogP contribution in [0.2, 0.25) is 5.02 Å². The Bertz CT molecular complexity index is 1280. The van der Waals surface area contributed by atoms with Crippen molar-refractivity contribution in [2.45, 2.75) is 39.3 Å². The number of allylic oxidation sites excluding steroid dienone is 1. The molecule has 3 heterocycles. The Kier molecular flexibility index (Phi) is 6.74. The van der Waals surface area contributed by atoms with Crippen molar-refractivity contribution in [1.29, 1.82) is 0 Å². The van der Waals surface area contributed by atoms with Gasteiger partial charge in [0.25, 0.3) is 0 Å². The van der Waals surface area contributed by atoms with Gasteiger partial charge < -0.3 is 19.7 Å². The van der Waals surface area contributed by atoms with Gasteiger partial charge in [-0.2, -0.15) is 0 Å². The minimum Gasteiger partial charge on any atom is -0.463 e. The number of fused-ring (bicyclic) bond motifs is 1. The summed E-state index contributed by atoms with van der Waals surface area (Å²) >= 11 is 7.87. The Balaban J connectivity index is 1.52. The molecular weight excluding hydrogens is 519 g/mol. The average Bonchev–Trinajstić information content (AvgIpc) is 3.20. The highest BCUT2D eigenvalue weighted by Gasteiger charge is 2.60. The van der Waals surface area contributed by atoms with Crippen LogP contribution in [0.1, 0.15) is 44.3 Å². The molecule has 0 radical (unpaired) electrons. The topological polar surface area (TPSA) is 93.1 Å². The minimum absolute atomic E-state index is 0.00900. The second kappa shape index (κ2) is 9.72. The summed E-state index contributed by atoms with van der Waals surface area (Å²) in [7, 11) is 0. The van der Waals surface area contributed by atoms with E-state index in [2.05, 4.69) is 10.3 Å². The highest BCUT2D eigenvalue weighted by atomic mass is 35.5. The third-order valence-corrected chi connectivity index (χ3v) is 7.75. The van der Waals surface area contributed by atoms with Crippen LogP contribution in [0.4, 0.5) is 9.18 Å². The van der Waals surface area contributed by atoms with E-state index >= 15 is 0 Å². The van der Waals surface area contributed by atoms with Crippen molar-refractivity contribution in [2.75, 3.05) is 19.7 Å². The SMILES string of the molecule is CCOC(=O)C1=C(C2[C@H]3CN(C(=O)OC(C)(C)C)C[C@@H]23)NC(c2nccs2)=NC1c1ccc(F)cc1Cl. The zero-order chi connectivity index (χ0) is 26.5. The van der Waals surface area contributed by atoms with Gasteiger partial charge in [0.1, 0.15) is 17.5 Å². The van der Waals surface area contributed by atoms with Gasteiger partial charge in [-0.1, -0.05) is 17.7 Å². The molecule has 1 aromatic carbocycles. The molecule has 0 spiro atoms. The normalized spacial score (nSPS) is 24.8. The number of ether oxygens (including phenoxy) is 2. The van der Waals surface area contributed by atoms with Gasteiger partial charge in [0.2, 0.25) is 0 Å². The number of thiazole rings is 1. The number of hydrogen-bond donors (Lipinski definition) is 1. The molecule has 1 saturated heterocycles. The summed E-state index contributed by atoms with van der Waals surface area (Å²) in [5.41, 5.74) is 0.969. The number of esters is 1. The summed E-state index contributed by atoms with van der Waals surface area (Å²) in [6.45, 7) is 8.50. The van der Waals surface area contributed by atoms with Gasteiger partial charge >= 0.3 is 12.1 Å². The van der Waals surface area contributed by atoms with E-state index in [1.54, 1.807) is 24.1 Å². The summed E-state index contributed by atoms with van der Waals surface area (Å²) in [5.74, 6) is -0.180. The van der Waals surface area contributed by atoms with E-state index in [0.29, 0.717) is 40.8 Å². The number of amides is 1. The van der Waals surface area contributed by atoms with Gasteiger partial charge in [-0.25, -0.2) is 19.0 Å². The first-order valence-corrected chi connectivity index (χ1v) is 13.4. The van der Waals surface area contributed by atoms with Gasteiger partial charge in [0, 0.05) is 46.9 Å². The van der Waals surface area contributed by atoms with E-state index in [-0.39, 0.29) is 35.5 Å². The maximum atomic E-state index is 13.9. The number of amidine groups is 1. The molecule has 37 heavy (non-hydrogen) atoms. The third-order valence-electron chi connectivity index (χ3n) is 6.64. The fourth-order valence-electron chi connectivity index (χ4n) is 5.09. The molecule has 2 aromatic rings. The van der Waals surface area contributed by atoms with Gasteiger partial charge in [0.05, 0.1) is 12.2 Å². The summed E-state index contributed by atoms with van der Waals surface area (Å²) in [6, 6.07) is 3.26. The highest BCUT2D eigenvalue weighted by molar-refractivity contribution is 7.11. The number of hydrogen-bond acceptors (Lipinski definition) is 8. The van der Waals surface area contributed by atoms with Gasteiger partial charge in [0.15, 0.2) is 10.8 Å². The zero-order valence-electron chi connectivity index (χ0n) is 21.0. The maximum Gasteiger partial charge on any atom is 0.410 e. The molecule has 1 N–H and O–H groups in total. The van der Waals surface area contributed by atoms with Crippen LogP contribution in [0, 0.1) is 23.6 Å². The summed E-state index contributed by atoms with van der Waals surface area (Å²) in [6.07, 6.45) is 1.34. The predicted octanol–water partition coefficient (Wildman–Crippen LogP) is 4.96. The van der Waals surface area contributed by atoms with Crippen molar-refractivity contribution in [3.8, 4) is 0 Å². The number of carbonyl (C=O) groups is 2. The number of likely N-dealkylation sites (tertiary alicyclic amines) is 1. The Labute approximate surface area is 223 Å². The fraction of sp³-hybridized carbons (Fsp3) is 0.462. The first-order valence-electron chi connectivity index (χ1n) is 12.2. The molecule has 8 nitrogen and oxygen atoms in total. The molecule has 2 unspecified atom stereocenters. The van der Waals surface area contributed by atoms with E-state index in [9.17, 15) is 14.0 Å². The van der Waals surface area contributed by atoms with Crippen LogP contribution in [0.5, 0.6) is 0 Å². The molecule has 0 bridgehead atoms. The van der Waals surface area contributed by atoms with Crippen LogP contribution in [0.25, 0.3) is 0 Å². The predicted molar refractivity (Wildman–Crippen MR) is 138 cm³/mol. The summed E-state index contributed by atoms with van der Waals surface area (Å²) in [5, 5.41) is 6.04. The Morgan fingerprint density at radius 2 is 2.00 bits per heavy atom. The van der Waals surface area contributed by atoms with Gasteiger partial charge in [-0.05, 0) is 51.7 Å². The molecule has 1 aromatic heterocycles. The lowest BCUT2D eigenvalue weighted by molar-refractivity contribution is -0.139. The number of aromatic nitrogens is 1. The largest absolute Gasteiger partial charge is 0.463 e. The fourth-order valence-corrected chi connectivity index (χ4v) is 5.95. The molecule has 1 aliphatic carbocycles. The van der Waals surface area contributed by atoms with Crippen molar-refractivity contribution < 1.29 is 23.5 Å². The van der Waals surface area contributed by atoms with E-state index in [4.69, 9.17) is 26.1 Å². The van der Waals surface area contributed by atoms with Crippen LogP contribution in [-0.2, 0) is 14.3 Å². The molecule has 2 fully saturated rings. The molecule has 2 aliphatic heterocycles. The lowest BCUT2D eigenvalue weighted by atomic mass is 9.93. The standard InChI is InChI=1S/C26H28ClFN4O4S/c1-5-35-24(33)19-20(14-7-6-13(28)10-17(14)27)30-22(23-29-8-9-37-23)31-21(19)18-15-11-32(12-16(15)18)25(34)36-26(2,3)4/h6-10,15-16,18,20H,5,11-12H2,1-4H3,(H,30,31)/t15-,16+,18?,20?. The van der Waals surface area contributed by atoms with Gasteiger partial charge in [-0.15, -0.1) is 11.3 Å². The minimum atomic E-state index is -0.800. The molecule has 5 rings (SSSR count). The second-order valence-electron chi connectivity index (χ2n) is 10.3. The van der Waals surface area contributed by atoms with E-state index < -0.39 is 23.4 Å². The Morgan fingerprint density at radius 1 is 1.27 bits per heavy atom. The molecule has 11 heteroatoms. The molecular formula is C26H28ClFN4O4S. The van der Waals surface area contributed by atoms with Crippen molar-refractivity contribution in [1.82, 2.24) is 15.2 Å². The number of benzene rings is 1.